The highest BCUT2D eigenvalue weighted by atomic mass is 16.4. The van der Waals surface area contributed by atoms with E-state index in [0.29, 0.717) is 5.57 Å². The molecule has 0 rings (SSSR count). The van der Waals surface area contributed by atoms with E-state index in [1.807, 2.05) is 0 Å². The van der Waals surface area contributed by atoms with E-state index >= 15 is 0 Å². The van der Waals surface area contributed by atoms with Crippen LogP contribution in [0.15, 0.2) is 29.3 Å². The monoisotopic (exact) mass is 166 g/mol. The predicted octanol–water partition coefficient (Wildman–Crippen LogP) is 1.25. The van der Waals surface area contributed by atoms with Crippen LogP contribution in [0, 0.1) is 5.41 Å². The summed E-state index contributed by atoms with van der Waals surface area (Å²) in [6.45, 7) is 4.88. The summed E-state index contributed by atoms with van der Waals surface area (Å²) in [4.78, 5) is 13.7. The van der Waals surface area contributed by atoms with Gasteiger partial charge in [-0.05, 0) is 6.92 Å². The maximum atomic E-state index is 10.1. The predicted molar refractivity (Wildman–Crippen MR) is 47.8 cm³/mol. The smallest absolute Gasteiger partial charge is 0.328 e. The number of nitrogens with one attached hydrogen (secondary N) is 1. The molecule has 0 heterocycles. The molecule has 4 heteroatoms. The molecule has 0 aliphatic rings. The van der Waals surface area contributed by atoms with Crippen LogP contribution in [0.25, 0.3) is 0 Å². The van der Waals surface area contributed by atoms with Gasteiger partial charge >= 0.3 is 5.97 Å². The molecule has 0 amide bonds. The van der Waals surface area contributed by atoms with Crippen molar-refractivity contribution in [2.75, 3.05) is 0 Å². The van der Waals surface area contributed by atoms with E-state index in [1.54, 1.807) is 0 Å². The van der Waals surface area contributed by atoms with Crippen LogP contribution >= 0.6 is 0 Å². The Labute approximate surface area is 70.5 Å². The first-order valence-electron chi connectivity index (χ1n) is 3.23. The Morgan fingerprint density at radius 3 is 2.67 bits per heavy atom. The van der Waals surface area contributed by atoms with Gasteiger partial charge in [-0.15, -0.1) is 0 Å². The van der Waals surface area contributed by atoms with E-state index < -0.39 is 5.97 Å². The fourth-order valence-corrected chi connectivity index (χ4v) is 0.483. The zero-order chi connectivity index (χ0) is 9.56. The van der Waals surface area contributed by atoms with Crippen LogP contribution < -0.4 is 0 Å². The zero-order valence-electron chi connectivity index (χ0n) is 6.74. The Morgan fingerprint density at radius 2 is 2.25 bits per heavy atom. The number of carboxylic acid groups (broad SMARTS) is 1. The number of aliphatic imine (C=N–C) groups is 1. The summed E-state index contributed by atoms with van der Waals surface area (Å²) in [7, 11) is 0. The standard InChI is InChI=1S/C8H10N2O2/c1-3-4-10-8(9)6(2)5-7(11)12/h3-5,9H,1H2,2H3,(H,11,12)/b6-5+,9-8?,10-4?. The third-order valence-corrected chi connectivity index (χ3v) is 1.02. The van der Waals surface area contributed by atoms with Gasteiger partial charge in [-0.1, -0.05) is 12.7 Å². The van der Waals surface area contributed by atoms with Crippen LogP contribution in [0.3, 0.4) is 0 Å². The quantitative estimate of drug-likeness (QED) is 0.376. The van der Waals surface area contributed by atoms with E-state index in [1.165, 1.54) is 19.2 Å². The van der Waals surface area contributed by atoms with E-state index in [2.05, 4.69) is 11.6 Å². The fraction of sp³-hybridized carbons (Fsp3) is 0.125. The molecule has 0 aliphatic heterocycles. The number of hydrogen-bond donors (Lipinski definition) is 2. The van der Waals surface area contributed by atoms with Gasteiger partial charge in [0.15, 0.2) is 0 Å². The molecular weight excluding hydrogens is 156 g/mol. The van der Waals surface area contributed by atoms with E-state index in [4.69, 9.17) is 10.5 Å². The van der Waals surface area contributed by atoms with Gasteiger partial charge in [0, 0.05) is 17.9 Å². The lowest BCUT2D eigenvalue weighted by atomic mass is 10.2. The Balaban J connectivity index is 4.39. The van der Waals surface area contributed by atoms with Gasteiger partial charge in [0.1, 0.15) is 5.84 Å². The maximum Gasteiger partial charge on any atom is 0.328 e. The Hall–Kier alpha value is -1.71. The molecule has 0 saturated heterocycles. The summed E-state index contributed by atoms with van der Waals surface area (Å²) < 4.78 is 0. The third-order valence-electron chi connectivity index (χ3n) is 1.02. The van der Waals surface area contributed by atoms with Crippen molar-refractivity contribution in [2.24, 2.45) is 4.99 Å². The number of hydrogen-bond acceptors (Lipinski definition) is 2. The van der Waals surface area contributed by atoms with Crippen LogP contribution in [0.4, 0.5) is 0 Å². The van der Waals surface area contributed by atoms with Crippen molar-refractivity contribution in [3.8, 4) is 0 Å². The lowest BCUT2D eigenvalue weighted by Crippen LogP contribution is -1.98. The number of allylic oxidation sites excluding steroid dienone is 1. The highest BCUT2D eigenvalue weighted by Gasteiger charge is 1.98. The van der Waals surface area contributed by atoms with Crippen molar-refractivity contribution in [3.05, 3.63) is 24.3 Å². The van der Waals surface area contributed by atoms with Gasteiger partial charge in [0.05, 0.1) is 0 Å². The van der Waals surface area contributed by atoms with Gasteiger partial charge in [-0.3, -0.25) is 5.41 Å². The molecule has 0 atom stereocenters. The van der Waals surface area contributed by atoms with E-state index in [0.717, 1.165) is 6.08 Å². The van der Waals surface area contributed by atoms with Crippen molar-refractivity contribution in [1.29, 1.82) is 5.41 Å². The molecular formula is C8H10N2O2. The highest BCUT2D eigenvalue weighted by molar-refractivity contribution is 6.04. The molecule has 0 aromatic rings. The van der Waals surface area contributed by atoms with Gasteiger partial charge in [0.2, 0.25) is 0 Å². The van der Waals surface area contributed by atoms with Gasteiger partial charge in [0.25, 0.3) is 0 Å². The molecule has 0 bridgehead atoms. The fourth-order valence-electron chi connectivity index (χ4n) is 0.483. The molecule has 0 aromatic heterocycles. The number of carbonyl (C=O) groups is 1. The maximum absolute atomic E-state index is 10.1. The summed E-state index contributed by atoms with van der Waals surface area (Å²) in [5, 5.41) is 15.5. The SMILES string of the molecule is C=CC=NC(=N)/C(C)=C/C(=O)O. The first kappa shape index (κ1) is 10.3. The Bertz CT molecular complexity index is 264. The van der Waals surface area contributed by atoms with Crippen LogP contribution in [-0.4, -0.2) is 23.1 Å². The topological polar surface area (TPSA) is 73.5 Å². The van der Waals surface area contributed by atoms with Gasteiger partial charge < -0.3 is 5.11 Å². The van der Waals surface area contributed by atoms with Gasteiger partial charge in [-0.25, -0.2) is 9.79 Å². The van der Waals surface area contributed by atoms with E-state index in [9.17, 15) is 4.79 Å². The minimum Gasteiger partial charge on any atom is -0.478 e. The van der Waals surface area contributed by atoms with Crippen molar-refractivity contribution >= 4 is 18.0 Å². The van der Waals surface area contributed by atoms with Crippen LogP contribution in [0.1, 0.15) is 6.92 Å². The second kappa shape index (κ2) is 5.01. The van der Waals surface area contributed by atoms with Crippen LogP contribution in [-0.2, 0) is 4.79 Å². The number of amidine groups is 1. The zero-order valence-corrected chi connectivity index (χ0v) is 6.74. The minimum absolute atomic E-state index is 0.0719. The van der Waals surface area contributed by atoms with Crippen molar-refractivity contribution in [2.45, 2.75) is 6.92 Å². The summed E-state index contributed by atoms with van der Waals surface area (Å²) in [5.41, 5.74) is 0.306. The lowest BCUT2D eigenvalue weighted by Gasteiger charge is -1.93. The van der Waals surface area contributed by atoms with Crippen LogP contribution in [0.5, 0.6) is 0 Å². The molecule has 0 radical (unpaired) electrons. The summed E-state index contributed by atoms with van der Waals surface area (Å²) >= 11 is 0. The lowest BCUT2D eigenvalue weighted by molar-refractivity contribution is -0.131. The minimum atomic E-state index is -1.08. The van der Waals surface area contributed by atoms with Gasteiger partial charge in [-0.2, -0.15) is 0 Å². The number of carboxylic acids is 1. The molecule has 0 aromatic carbocycles. The van der Waals surface area contributed by atoms with Crippen LogP contribution in [0.2, 0.25) is 0 Å². The average molecular weight is 166 g/mol. The number of rotatable bonds is 3. The molecule has 0 unspecified atom stereocenters. The molecule has 4 nitrogen and oxygen atoms in total. The summed E-state index contributed by atoms with van der Waals surface area (Å²) in [6.07, 6.45) is 3.69. The Kier molecular flexibility index (Phi) is 4.30. The average Bonchev–Trinajstić information content (AvgIpc) is 1.98. The Morgan fingerprint density at radius 1 is 1.67 bits per heavy atom. The summed E-state index contributed by atoms with van der Waals surface area (Å²) in [5.74, 6) is -1.15. The normalized spacial score (nSPS) is 11.6. The second-order valence-corrected chi connectivity index (χ2v) is 2.03. The molecule has 0 saturated carbocycles. The van der Waals surface area contributed by atoms with Crippen molar-refractivity contribution in [1.82, 2.24) is 0 Å². The molecule has 0 spiro atoms. The number of aliphatic carboxylic acids is 1. The second-order valence-electron chi connectivity index (χ2n) is 2.03. The summed E-state index contributed by atoms with van der Waals surface area (Å²) in [6, 6.07) is 0. The molecule has 0 fully saturated rings. The molecule has 2 N–H and O–H groups in total. The number of nitrogens with zero attached hydrogens (tertiary/aromatic N) is 1. The highest BCUT2D eigenvalue weighted by Crippen LogP contribution is 1.95. The molecule has 12 heavy (non-hydrogen) atoms. The molecule has 0 aliphatic carbocycles. The molecule has 64 valence electrons. The van der Waals surface area contributed by atoms with Crippen molar-refractivity contribution < 1.29 is 9.90 Å². The van der Waals surface area contributed by atoms with E-state index in [-0.39, 0.29) is 5.84 Å². The first-order chi connectivity index (χ1) is 5.57. The van der Waals surface area contributed by atoms with Crippen molar-refractivity contribution in [3.63, 3.8) is 0 Å². The largest absolute Gasteiger partial charge is 0.478 e. The first-order valence-corrected chi connectivity index (χ1v) is 3.23. The third kappa shape index (κ3) is 4.16.